The van der Waals surface area contributed by atoms with E-state index in [4.69, 9.17) is 0 Å². The number of sulfone groups is 1. The van der Waals surface area contributed by atoms with Gasteiger partial charge in [-0.15, -0.1) is 0 Å². The Balaban J connectivity index is 1.61. The van der Waals surface area contributed by atoms with E-state index in [1.807, 2.05) is 6.07 Å². The fraction of sp³-hybridized carbons (Fsp3) is 0.500. The lowest BCUT2D eigenvalue weighted by atomic mass is 10.0. The summed E-state index contributed by atoms with van der Waals surface area (Å²) in [4.78, 5) is 25.6. The van der Waals surface area contributed by atoms with Crippen molar-refractivity contribution in [3.8, 4) is 0 Å². The SMILES string of the molecule is O=C(C[C@@H]1CCS(=O)(=O)C1)Nc1cccc(N2CCCC2=O)c1. The minimum absolute atomic E-state index is 0.0941. The normalized spacial score (nSPS) is 23.2. The van der Waals surface area contributed by atoms with Crippen molar-refractivity contribution in [2.24, 2.45) is 5.92 Å². The van der Waals surface area contributed by atoms with Gasteiger partial charge >= 0.3 is 0 Å². The molecule has 124 valence electrons. The Hall–Kier alpha value is -1.89. The van der Waals surface area contributed by atoms with Crippen molar-refractivity contribution in [3.05, 3.63) is 24.3 Å². The standard InChI is InChI=1S/C16H20N2O4S/c19-15(9-12-6-8-23(21,22)11-12)17-13-3-1-4-14(10-13)18-7-2-5-16(18)20/h1,3-4,10,12H,2,5-9,11H2,(H,17,19)/t12-/m0/s1. The van der Waals surface area contributed by atoms with Crippen molar-refractivity contribution in [1.82, 2.24) is 0 Å². The van der Waals surface area contributed by atoms with Gasteiger partial charge in [-0.2, -0.15) is 0 Å². The van der Waals surface area contributed by atoms with Crippen LogP contribution in [0.2, 0.25) is 0 Å². The smallest absolute Gasteiger partial charge is 0.227 e. The Morgan fingerprint density at radius 2 is 2.17 bits per heavy atom. The first kappa shape index (κ1) is 16.0. The predicted molar refractivity (Wildman–Crippen MR) is 88.0 cm³/mol. The van der Waals surface area contributed by atoms with Gasteiger partial charge in [0.25, 0.3) is 0 Å². The summed E-state index contributed by atoms with van der Waals surface area (Å²) in [6.45, 7) is 0.705. The van der Waals surface area contributed by atoms with Gasteiger partial charge in [0.2, 0.25) is 11.8 Å². The lowest BCUT2D eigenvalue weighted by Gasteiger charge is -2.17. The van der Waals surface area contributed by atoms with Crippen LogP contribution < -0.4 is 10.2 Å². The lowest BCUT2D eigenvalue weighted by molar-refractivity contribution is -0.117. The molecule has 0 saturated carbocycles. The Morgan fingerprint density at radius 1 is 1.35 bits per heavy atom. The fourth-order valence-electron chi connectivity index (χ4n) is 3.18. The molecule has 2 heterocycles. The number of rotatable bonds is 4. The maximum absolute atomic E-state index is 12.1. The van der Waals surface area contributed by atoms with Crippen molar-refractivity contribution < 1.29 is 18.0 Å². The Kier molecular flexibility index (Phi) is 4.39. The van der Waals surface area contributed by atoms with E-state index in [1.165, 1.54) is 0 Å². The van der Waals surface area contributed by atoms with Gasteiger partial charge in [0.1, 0.15) is 0 Å². The van der Waals surface area contributed by atoms with E-state index in [-0.39, 0.29) is 35.7 Å². The first-order chi connectivity index (χ1) is 10.9. The van der Waals surface area contributed by atoms with Crippen LogP contribution in [0.15, 0.2) is 24.3 Å². The molecule has 0 aliphatic carbocycles. The van der Waals surface area contributed by atoms with Crippen LogP contribution in [0.1, 0.15) is 25.7 Å². The third-order valence-electron chi connectivity index (χ3n) is 4.32. The number of anilines is 2. The molecule has 23 heavy (non-hydrogen) atoms. The third-order valence-corrected chi connectivity index (χ3v) is 6.15. The van der Waals surface area contributed by atoms with Crippen LogP contribution in [-0.4, -0.2) is 38.3 Å². The molecule has 3 rings (SSSR count). The summed E-state index contributed by atoms with van der Waals surface area (Å²) in [5.74, 6) is 0.102. The molecule has 1 aromatic carbocycles. The second-order valence-electron chi connectivity index (χ2n) is 6.22. The zero-order valence-corrected chi connectivity index (χ0v) is 13.6. The summed E-state index contributed by atoms with van der Waals surface area (Å²) < 4.78 is 22.9. The summed E-state index contributed by atoms with van der Waals surface area (Å²) in [7, 11) is -2.96. The monoisotopic (exact) mass is 336 g/mol. The molecule has 2 aliphatic heterocycles. The molecular weight excluding hydrogens is 316 g/mol. The molecule has 0 radical (unpaired) electrons. The highest BCUT2D eigenvalue weighted by molar-refractivity contribution is 7.91. The molecule has 0 spiro atoms. The summed E-state index contributed by atoms with van der Waals surface area (Å²) >= 11 is 0. The van der Waals surface area contributed by atoms with Crippen LogP contribution in [0, 0.1) is 5.92 Å². The molecule has 1 N–H and O–H groups in total. The van der Waals surface area contributed by atoms with E-state index in [0.717, 1.165) is 12.1 Å². The van der Waals surface area contributed by atoms with E-state index in [0.29, 0.717) is 25.1 Å². The van der Waals surface area contributed by atoms with Crippen LogP contribution in [-0.2, 0) is 19.4 Å². The van der Waals surface area contributed by atoms with Crippen LogP contribution >= 0.6 is 0 Å². The minimum Gasteiger partial charge on any atom is -0.326 e. The van der Waals surface area contributed by atoms with E-state index in [1.54, 1.807) is 23.1 Å². The average molecular weight is 336 g/mol. The Morgan fingerprint density at radius 3 is 2.83 bits per heavy atom. The third kappa shape index (κ3) is 3.90. The van der Waals surface area contributed by atoms with Gasteiger partial charge in [-0.3, -0.25) is 9.59 Å². The molecule has 2 saturated heterocycles. The topological polar surface area (TPSA) is 83.6 Å². The molecule has 7 heteroatoms. The molecule has 2 amide bonds. The number of amides is 2. The quantitative estimate of drug-likeness (QED) is 0.905. The van der Waals surface area contributed by atoms with Crippen molar-refractivity contribution in [1.29, 1.82) is 0 Å². The number of carbonyl (C=O) groups is 2. The zero-order chi connectivity index (χ0) is 16.4. The van der Waals surface area contributed by atoms with E-state index >= 15 is 0 Å². The maximum Gasteiger partial charge on any atom is 0.227 e. The summed E-state index contributed by atoms with van der Waals surface area (Å²) in [6, 6.07) is 7.21. The van der Waals surface area contributed by atoms with E-state index in [2.05, 4.69) is 5.32 Å². The predicted octanol–water partition coefficient (Wildman–Crippen LogP) is 1.58. The van der Waals surface area contributed by atoms with Gasteiger partial charge in [-0.25, -0.2) is 8.42 Å². The van der Waals surface area contributed by atoms with Crippen molar-refractivity contribution in [2.75, 3.05) is 28.3 Å². The van der Waals surface area contributed by atoms with Gasteiger partial charge in [0.15, 0.2) is 9.84 Å². The second-order valence-corrected chi connectivity index (χ2v) is 8.45. The Bertz CT molecular complexity index is 729. The summed E-state index contributed by atoms with van der Waals surface area (Å²) in [5.41, 5.74) is 1.42. The van der Waals surface area contributed by atoms with Gasteiger partial charge in [0, 0.05) is 30.8 Å². The van der Waals surface area contributed by atoms with Gasteiger partial charge in [-0.05, 0) is 37.0 Å². The van der Waals surface area contributed by atoms with Crippen molar-refractivity contribution in [2.45, 2.75) is 25.7 Å². The highest BCUT2D eigenvalue weighted by Gasteiger charge is 2.29. The number of carbonyl (C=O) groups excluding carboxylic acids is 2. The van der Waals surface area contributed by atoms with Crippen molar-refractivity contribution in [3.63, 3.8) is 0 Å². The number of nitrogens with zero attached hydrogens (tertiary/aromatic N) is 1. The summed E-state index contributed by atoms with van der Waals surface area (Å²) in [6.07, 6.45) is 2.18. The maximum atomic E-state index is 12.1. The molecule has 2 aliphatic rings. The molecule has 0 bridgehead atoms. The number of benzene rings is 1. The first-order valence-corrected chi connectivity index (χ1v) is 9.66. The molecular formula is C16H20N2O4S. The average Bonchev–Trinajstić information content (AvgIpc) is 3.04. The van der Waals surface area contributed by atoms with E-state index < -0.39 is 9.84 Å². The van der Waals surface area contributed by atoms with Gasteiger partial charge in [0.05, 0.1) is 11.5 Å². The molecule has 1 atom stereocenters. The zero-order valence-electron chi connectivity index (χ0n) is 12.8. The molecule has 2 fully saturated rings. The van der Waals surface area contributed by atoms with Crippen molar-refractivity contribution >= 4 is 33.0 Å². The Labute approximate surface area is 135 Å². The van der Waals surface area contributed by atoms with E-state index in [9.17, 15) is 18.0 Å². The highest BCUT2D eigenvalue weighted by Crippen LogP contribution is 2.25. The van der Waals surface area contributed by atoms with Crippen LogP contribution in [0.5, 0.6) is 0 Å². The number of nitrogens with one attached hydrogen (secondary N) is 1. The minimum atomic E-state index is -2.96. The molecule has 0 unspecified atom stereocenters. The summed E-state index contributed by atoms with van der Waals surface area (Å²) in [5, 5.41) is 2.80. The lowest BCUT2D eigenvalue weighted by Crippen LogP contribution is -2.24. The second kappa shape index (κ2) is 6.31. The highest BCUT2D eigenvalue weighted by atomic mass is 32.2. The molecule has 0 aromatic heterocycles. The number of hydrogen-bond acceptors (Lipinski definition) is 4. The molecule has 1 aromatic rings. The van der Waals surface area contributed by atoms with Gasteiger partial charge in [-0.1, -0.05) is 6.07 Å². The largest absolute Gasteiger partial charge is 0.326 e. The van der Waals surface area contributed by atoms with Crippen LogP contribution in [0.3, 0.4) is 0 Å². The molecule has 6 nitrogen and oxygen atoms in total. The van der Waals surface area contributed by atoms with Crippen LogP contribution in [0.4, 0.5) is 11.4 Å². The fourth-order valence-corrected chi connectivity index (χ4v) is 5.04. The first-order valence-electron chi connectivity index (χ1n) is 7.84. The number of hydrogen-bond donors (Lipinski definition) is 1. The van der Waals surface area contributed by atoms with Gasteiger partial charge < -0.3 is 10.2 Å². The van der Waals surface area contributed by atoms with Crippen LogP contribution in [0.25, 0.3) is 0 Å².